The molecule has 2 aliphatic rings. The summed E-state index contributed by atoms with van der Waals surface area (Å²) < 4.78 is 2.35. The van der Waals surface area contributed by atoms with Gasteiger partial charge in [0, 0.05) is 49.2 Å². The average Bonchev–Trinajstić information content (AvgIpc) is 3.74. The smallest absolute Gasteiger partial charge is 0.164 e. The molecular weight excluding hydrogens is 629 g/mol. The normalized spacial score (nSPS) is 16.4. The zero-order valence-corrected chi connectivity index (χ0v) is 27.8. The number of aromatic nitrogens is 4. The Hall–Kier alpha value is -6.04. The van der Waals surface area contributed by atoms with Crippen molar-refractivity contribution in [3.05, 3.63) is 181 Å². The van der Waals surface area contributed by atoms with Crippen LogP contribution in [-0.2, 0) is 0 Å². The highest BCUT2D eigenvalue weighted by Gasteiger charge is 2.37. The van der Waals surface area contributed by atoms with Crippen LogP contribution in [0.5, 0.6) is 0 Å². The highest BCUT2D eigenvalue weighted by molar-refractivity contribution is 8.00. The fraction of sp³-hybridized carbons (Fsp3) is 0.0444. The highest BCUT2D eigenvalue weighted by Crippen LogP contribution is 2.52. The molecule has 8 aromatic rings. The molecular formula is C45H30N4S. The van der Waals surface area contributed by atoms with Gasteiger partial charge in [-0.3, -0.25) is 0 Å². The van der Waals surface area contributed by atoms with Crippen LogP contribution < -0.4 is 0 Å². The molecule has 50 heavy (non-hydrogen) atoms. The van der Waals surface area contributed by atoms with Gasteiger partial charge in [0.1, 0.15) is 0 Å². The lowest BCUT2D eigenvalue weighted by Crippen LogP contribution is -2.16. The van der Waals surface area contributed by atoms with Crippen molar-refractivity contribution in [2.75, 3.05) is 0 Å². The molecule has 1 aliphatic heterocycles. The third-order valence-corrected chi connectivity index (χ3v) is 11.3. The van der Waals surface area contributed by atoms with Gasteiger partial charge < -0.3 is 4.57 Å². The Kier molecular flexibility index (Phi) is 6.84. The van der Waals surface area contributed by atoms with Crippen molar-refractivity contribution in [3.63, 3.8) is 0 Å². The molecule has 2 unspecified atom stereocenters. The predicted molar refractivity (Wildman–Crippen MR) is 206 cm³/mol. The van der Waals surface area contributed by atoms with Gasteiger partial charge in [-0.25, -0.2) is 15.0 Å². The van der Waals surface area contributed by atoms with E-state index in [4.69, 9.17) is 15.0 Å². The second-order valence-electron chi connectivity index (χ2n) is 12.8. The van der Waals surface area contributed by atoms with Crippen molar-refractivity contribution >= 4 is 39.1 Å². The maximum Gasteiger partial charge on any atom is 0.164 e. The lowest BCUT2D eigenvalue weighted by molar-refractivity contribution is 0.878. The molecule has 1 aliphatic carbocycles. The Morgan fingerprint density at radius 2 is 1.12 bits per heavy atom. The topological polar surface area (TPSA) is 43.6 Å². The van der Waals surface area contributed by atoms with Crippen molar-refractivity contribution in [2.24, 2.45) is 0 Å². The number of benzene rings is 6. The van der Waals surface area contributed by atoms with Gasteiger partial charge in [-0.15, -0.1) is 11.8 Å². The maximum absolute atomic E-state index is 5.18. The van der Waals surface area contributed by atoms with Crippen LogP contribution in [0.2, 0.25) is 0 Å². The molecule has 236 valence electrons. The molecule has 0 fully saturated rings. The minimum atomic E-state index is 0.218. The van der Waals surface area contributed by atoms with Crippen molar-refractivity contribution in [1.82, 2.24) is 19.5 Å². The summed E-state index contributed by atoms with van der Waals surface area (Å²) in [5.74, 6) is 2.38. The van der Waals surface area contributed by atoms with Crippen LogP contribution in [0.3, 0.4) is 0 Å². The van der Waals surface area contributed by atoms with E-state index < -0.39 is 0 Å². The molecule has 2 aromatic heterocycles. The van der Waals surface area contributed by atoms with Crippen LogP contribution in [0, 0.1) is 0 Å². The number of fused-ring (bicyclic) bond motifs is 6. The first kappa shape index (κ1) is 28.9. The summed E-state index contributed by atoms with van der Waals surface area (Å²) in [6, 6.07) is 53.6. The fourth-order valence-electron chi connectivity index (χ4n) is 7.47. The van der Waals surface area contributed by atoms with E-state index in [-0.39, 0.29) is 5.25 Å². The van der Waals surface area contributed by atoms with Gasteiger partial charge in [-0.2, -0.15) is 0 Å². The summed E-state index contributed by atoms with van der Waals surface area (Å²) in [7, 11) is 0. The van der Waals surface area contributed by atoms with Crippen molar-refractivity contribution in [2.45, 2.75) is 16.1 Å². The predicted octanol–water partition coefficient (Wildman–Crippen LogP) is 11.2. The number of rotatable bonds is 5. The molecule has 0 saturated heterocycles. The van der Waals surface area contributed by atoms with Gasteiger partial charge in [-0.1, -0.05) is 133 Å². The molecule has 0 amide bonds. The van der Waals surface area contributed by atoms with Gasteiger partial charge in [0.25, 0.3) is 0 Å². The van der Waals surface area contributed by atoms with Crippen molar-refractivity contribution < 1.29 is 0 Å². The van der Waals surface area contributed by atoms with E-state index in [0.29, 0.717) is 17.6 Å². The van der Waals surface area contributed by atoms with E-state index >= 15 is 0 Å². The number of thioether (sulfide) groups is 1. The minimum absolute atomic E-state index is 0.218. The van der Waals surface area contributed by atoms with Crippen molar-refractivity contribution in [3.8, 4) is 39.6 Å². The minimum Gasteiger partial charge on any atom is -0.309 e. The van der Waals surface area contributed by atoms with Crippen LogP contribution in [0.25, 0.3) is 67.0 Å². The van der Waals surface area contributed by atoms with Crippen LogP contribution in [0.1, 0.15) is 17.3 Å². The molecule has 5 heteroatoms. The Morgan fingerprint density at radius 3 is 1.90 bits per heavy atom. The lowest BCUT2D eigenvalue weighted by atomic mass is 9.88. The van der Waals surface area contributed by atoms with E-state index in [1.807, 2.05) is 30.0 Å². The molecule has 0 saturated carbocycles. The Labute approximate surface area is 294 Å². The summed E-state index contributed by atoms with van der Waals surface area (Å²) in [5, 5.41) is 2.74. The molecule has 0 bridgehead atoms. The molecule has 6 aromatic carbocycles. The van der Waals surface area contributed by atoms with Crippen LogP contribution in [0.15, 0.2) is 175 Å². The Morgan fingerprint density at radius 1 is 0.500 bits per heavy atom. The summed E-state index contributed by atoms with van der Waals surface area (Å²) in [5.41, 5.74) is 10.2. The molecule has 0 radical (unpaired) electrons. The van der Waals surface area contributed by atoms with Crippen molar-refractivity contribution in [1.29, 1.82) is 0 Å². The SMILES string of the molecule is C1=CC2c3ccccc3SC2C(c2nc(-c3ccccc3)nc(-c3cccc(-c4ccc(-n5c6ccccc6c6ccccc65)cc4)c3)n2)=C1. The van der Waals surface area contributed by atoms with Gasteiger partial charge >= 0.3 is 0 Å². The molecule has 0 N–H and O–H groups in total. The first-order valence-corrected chi connectivity index (χ1v) is 17.8. The Bertz CT molecular complexity index is 2580. The van der Waals surface area contributed by atoms with Crippen LogP contribution >= 0.6 is 11.8 Å². The summed E-state index contributed by atoms with van der Waals surface area (Å²) in [4.78, 5) is 16.7. The van der Waals surface area contributed by atoms with Gasteiger partial charge in [-0.05, 0) is 53.1 Å². The number of hydrogen-bond acceptors (Lipinski definition) is 4. The third-order valence-electron chi connectivity index (χ3n) is 9.84. The third kappa shape index (κ3) is 4.81. The van der Waals surface area contributed by atoms with E-state index in [1.54, 1.807) is 0 Å². The highest BCUT2D eigenvalue weighted by atomic mass is 32.2. The molecule has 10 rings (SSSR count). The first-order valence-electron chi connectivity index (χ1n) is 16.9. The lowest BCUT2D eigenvalue weighted by Gasteiger charge is -2.22. The summed E-state index contributed by atoms with van der Waals surface area (Å²) in [6.45, 7) is 0. The zero-order valence-electron chi connectivity index (χ0n) is 27.0. The number of nitrogens with zero attached hydrogens (tertiary/aromatic N) is 4. The van der Waals surface area contributed by atoms with Crippen LogP contribution in [-0.4, -0.2) is 24.8 Å². The average molecular weight is 659 g/mol. The number of para-hydroxylation sites is 2. The fourth-order valence-corrected chi connectivity index (χ4v) is 8.93. The Balaban J connectivity index is 1.04. The molecule has 2 atom stereocenters. The second-order valence-corrected chi connectivity index (χ2v) is 14.0. The number of hydrogen-bond donors (Lipinski definition) is 0. The molecule has 3 heterocycles. The van der Waals surface area contributed by atoms with Gasteiger partial charge in [0.15, 0.2) is 17.5 Å². The van der Waals surface area contributed by atoms with E-state index in [1.165, 1.54) is 32.3 Å². The summed E-state index contributed by atoms with van der Waals surface area (Å²) in [6.07, 6.45) is 6.65. The monoisotopic (exact) mass is 658 g/mol. The van der Waals surface area contributed by atoms with Crippen LogP contribution in [0.4, 0.5) is 0 Å². The quantitative estimate of drug-likeness (QED) is 0.185. The summed E-state index contributed by atoms with van der Waals surface area (Å²) >= 11 is 1.91. The largest absolute Gasteiger partial charge is 0.309 e. The van der Waals surface area contributed by atoms with Gasteiger partial charge in [0.05, 0.1) is 11.0 Å². The molecule has 4 nitrogen and oxygen atoms in total. The second kappa shape index (κ2) is 11.8. The molecule has 0 spiro atoms. The van der Waals surface area contributed by atoms with E-state index in [9.17, 15) is 0 Å². The van der Waals surface area contributed by atoms with Gasteiger partial charge in [0.2, 0.25) is 0 Å². The first-order chi connectivity index (χ1) is 24.8. The zero-order chi connectivity index (χ0) is 33.0. The number of allylic oxidation sites excluding steroid dienone is 3. The van der Waals surface area contributed by atoms with E-state index in [2.05, 4.69) is 156 Å². The van der Waals surface area contributed by atoms with E-state index in [0.717, 1.165) is 39.3 Å². The standard InChI is InChI=1S/C45H30N4S/c1-2-12-30(13-3-1)43-46-44(48-45(47-43)38-20-11-19-37-36-18-6-9-23-41(36)50-42(37)38)32-15-10-14-31(28-32)29-24-26-33(27-25-29)49-39-21-7-4-16-34(39)35-17-5-8-22-40(35)49/h1-28,37,42H. The maximum atomic E-state index is 5.18.